The van der Waals surface area contributed by atoms with Crippen LogP contribution in [0.3, 0.4) is 0 Å². The van der Waals surface area contributed by atoms with E-state index >= 15 is 0 Å². The second-order valence-corrected chi connectivity index (χ2v) is 15.1. The molecule has 0 aliphatic heterocycles. The average molecular weight is 737 g/mol. The van der Waals surface area contributed by atoms with Gasteiger partial charge in [-0.15, -0.1) is 11.3 Å². The van der Waals surface area contributed by atoms with Crippen molar-refractivity contribution in [2.75, 3.05) is 0 Å². The lowest BCUT2D eigenvalue weighted by atomic mass is 9.98. The lowest BCUT2D eigenvalue weighted by molar-refractivity contribution is 1.05. The second kappa shape index (κ2) is 14.0. The van der Waals surface area contributed by atoms with Crippen LogP contribution >= 0.6 is 11.3 Å². The molecule has 10 rings (SSSR count). The number of allylic oxidation sites excluding steroid dienone is 1. The molecule has 0 unspecified atom stereocenters. The van der Waals surface area contributed by atoms with Crippen molar-refractivity contribution in [3.05, 3.63) is 193 Å². The maximum absolute atomic E-state index is 5.10. The summed E-state index contributed by atoms with van der Waals surface area (Å²) in [6.07, 6.45) is 2.35. The van der Waals surface area contributed by atoms with Gasteiger partial charge in [0, 0.05) is 59.2 Å². The third-order valence-corrected chi connectivity index (χ3v) is 11.9. The van der Waals surface area contributed by atoms with Gasteiger partial charge in [-0.1, -0.05) is 146 Å². The predicted octanol–water partition coefficient (Wildman–Crippen LogP) is 13.7. The summed E-state index contributed by atoms with van der Waals surface area (Å²) in [5.74, 6) is 1.99. The van der Waals surface area contributed by atoms with E-state index in [2.05, 4.69) is 164 Å². The molecule has 0 amide bonds. The zero-order valence-electron chi connectivity index (χ0n) is 31.0. The Bertz CT molecular complexity index is 3010. The molecule has 0 spiro atoms. The normalized spacial score (nSPS) is 11.9. The van der Waals surface area contributed by atoms with Crippen LogP contribution in [-0.4, -0.2) is 19.5 Å². The van der Waals surface area contributed by atoms with Gasteiger partial charge in [0.15, 0.2) is 17.5 Å². The highest BCUT2D eigenvalue weighted by molar-refractivity contribution is 7.26. The number of nitrogens with zero attached hydrogens (tertiary/aromatic N) is 4. The van der Waals surface area contributed by atoms with Crippen LogP contribution in [0.2, 0.25) is 0 Å². The van der Waals surface area contributed by atoms with Crippen molar-refractivity contribution in [2.24, 2.45) is 0 Å². The number of para-hydroxylation sites is 1. The number of rotatable bonds is 7. The topological polar surface area (TPSA) is 43.6 Å². The van der Waals surface area contributed by atoms with Crippen molar-refractivity contribution in [2.45, 2.75) is 13.8 Å². The average Bonchev–Trinajstić information content (AvgIpc) is 3.78. The molecule has 0 aliphatic carbocycles. The fourth-order valence-corrected chi connectivity index (χ4v) is 9.20. The SMILES string of the molecule is C/C(=C\c1c(C)n(-c2ccccc2)c2ccc(-c3cccc4c3sc3c(-c5nc(-c6ccccc6)nc(-c6ccccc6)n5)cccc34)cc12)c1ccccc1. The fraction of sp³-hybridized carbons (Fsp3) is 0.0392. The molecule has 5 heteroatoms. The first-order chi connectivity index (χ1) is 27.6. The number of hydrogen-bond donors (Lipinski definition) is 0. The number of aromatic nitrogens is 4. The molecule has 56 heavy (non-hydrogen) atoms. The van der Waals surface area contributed by atoms with Crippen LogP contribution < -0.4 is 0 Å². The maximum atomic E-state index is 5.10. The van der Waals surface area contributed by atoms with Gasteiger partial charge in [0.1, 0.15) is 0 Å². The standard InChI is InChI=1S/C51H36N4S/c1-33(35-17-7-3-8-18-35)31-44-34(2)55(39-23-13-6-14-24-39)46-30-29-38(32-45(44)46)40-25-15-26-41-42-27-16-28-43(48(42)56-47(40)41)51-53-49(36-19-9-4-10-20-36)52-50(54-51)37-21-11-5-12-22-37/h3-32H,1-2H3/b33-31+. The molecule has 7 aromatic carbocycles. The molecule has 266 valence electrons. The molecule has 4 nitrogen and oxygen atoms in total. The molecule has 3 aromatic heterocycles. The first kappa shape index (κ1) is 33.6. The van der Waals surface area contributed by atoms with Gasteiger partial charge in [0.2, 0.25) is 0 Å². The van der Waals surface area contributed by atoms with Gasteiger partial charge in [-0.05, 0) is 72.5 Å². The first-order valence-corrected chi connectivity index (χ1v) is 19.7. The van der Waals surface area contributed by atoms with Gasteiger partial charge in [-0.3, -0.25) is 0 Å². The van der Waals surface area contributed by atoms with Crippen molar-refractivity contribution in [3.8, 4) is 51.0 Å². The molecule has 0 bridgehead atoms. The lowest BCUT2D eigenvalue weighted by Crippen LogP contribution is -2.00. The van der Waals surface area contributed by atoms with Crippen molar-refractivity contribution in [1.29, 1.82) is 0 Å². The Hall–Kier alpha value is -6.95. The summed E-state index contributed by atoms with van der Waals surface area (Å²) in [5, 5.41) is 3.65. The fourth-order valence-electron chi connectivity index (χ4n) is 7.86. The van der Waals surface area contributed by atoms with E-state index in [0.717, 1.165) is 27.1 Å². The third-order valence-electron chi connectivity index (χ3n) is 10.6. The molecule has 10 aromatic rings. The van der Waals surface area contributed by atoms with E-state index in [4.69, 9.17) is 15.0 Å². The summed E-state index contributed by atoms with van der Waals surface area (Å²) in [6.45, 7) is 4.44. The van der Waals surface area contributed by atoms with Gasteiger partial charge in [0.05, 0.1) is 5.52 Å². The monoisotopic (exact) mass is 736 g/mol. The highest BCUT2D eigenvalue weighted by Gasteiger charge is 2.20. The molecule has 0 saturated carbocycles. The van der Waals surface area contributed by atoms with Gasteiger partial charge < -0.3 is 4.57 Å². The van der Waals surface area contributed by atoms with E-state index in [1.54, 1.807) is 0 Å². The third kappa shape index (κ3) is 5.90. The predicted molar refractivity (Wildman–Crippen MR) is 236 cm³/mol. The van der Waals surface area contributed by atoms with Crippen molar-refractivity contribution in [1.82, 2.24) is 19.5 Å². The van der Waals surface area contributed by atoms with Crippen LogP contribution in [0.25, 0.3) is 93.7 Å². The summed E-state index contributed by atoms with van der Waals surface area (Å²) in [5.41, 5.74) is 12.6. The summed E-state index contributed by atoms with van der Waals surface area (Å²) in [4.78, 5) is 15.1. The molecule has 0 saturated heterocycles. The van der Waals surface area contributed by atoms with Crippen LogP contribution in [0.15, 0.2) is 176 Å². The Morgan fingerprint density at radius 3 is 1.66 bits per heavy atom. The summed E-state index contributed by atoms with van der Waals surface area (Å²) >= 11 is 1.81. The number of thiophene rings is 1. The molecule has 0 atom stereocenters. The zero-order chi connectivity index (χ0) is 37.6. The molecule has 0 fully saturated rings. The van der Waals surface area contributed by atoms with E-state index < -0.39 is 0 Å². The summed E-state index contributed by atoms with van der Waals surface area (Å²) < 4.78 is 4.79. The Kier molecular flexibility index (Phi) is 8.42. The minimum atomic E-state index is 0.659. The Balaban J connectivity index is 1.16. The quantitative estimate of drug-likeness (QED) is 0.164. The minimum Gasteiger partial charge on any atom is -0.313 e. The molecule has 3 heterocycles. The Morgan fingerprint density at radius 1 is 0.500 bits per heavy atom. The van der Waals surface area contributed by atoms with Crippen LogP contribution in [0.4, 0.5) is 0 Å². The van der Waals surface area contributed by atoms with E-state index in [0.29, 0.717) is 17.5 Å². The van der Waals surface area contributed by atoms with Gasteiger partial charge in [-0.25, -0.2) is 15.0 Å². The van der Waals surface area contributed by atoms with Crippen LogP contribution in [0.5, 0.6) is 0 Å². The lowest BCUT2D eigenvalue weighted by Gasteiger charge is -2.09. The number of hydrogen-bond acceptors (Lipinski definition) is 4. The summed E-state index contributed by atoms with van der Waals surface area (Å²) in [6, 6.07) is 61.8. The highest BCUT2D eigenvalue weighted by atomic mass is 32.1. The smallest absolute Gasteiger partial charge is 0.165 e. The molecule has 0 aliphatic rings. The highest BCUT2D eigenvalue weighted by Crippen LogP contribution is 2.44. The van der Waals surface area contributed by atoms with Crippen molar-refractivity contribution >= 4 is 54.1 Å². The Morgan fingerprint density at radius 2 is 1.04 bits per heavy atom. The maximum Gasteiger partial charge on any atom is 0.165 e. The van der Waals surface area contributed by atoms with Crippen LogP contribution in [0.1, 0.15) is 23.7 Å². The number of fused-ring (bicyclic) bond motifs is 4. The van der Waals surface area contributed by atoms with Crippen LogP contribution in [-0.2, 0) is 0 Å². The van der Waals surface area contributed by atoms with Gasteiger partial charge >= 0.3 is 0 Å². The molecule has 0 radical (unpaired) electrons. The molecule has 0 N–H and O–H groups in total. The first-order valence-electron chi connectivity index (χ1n) is 18.9. The van der Waals surface area contributed by atoms with E-state index in [9.17, 15) is 0 Å². The number of benzene rings is 7. The molecular weight excluding hydrogens is 701 g/mol. The van der Waals surface area contributed by atoms with E-state index in [1.165, 1.54) is 59.9 Å². The Labute approximate surface area is 329 Å². The van der Waals surface area contributed by atoms with E-state index in [1.807, 2.05) is 47.7 Å². The largest absolute Gasteiger partial charge is 0.313 e. The second-order valence-electron chi connectivity index (χ2n) is 14.1. The summed E-state index contributed by atoms with van der Waals surface area (Å²) in [7, 11) is 0. The van der Waals surface area contributed by atoms with E-state index in [-0.39, 0.29) is 0 Å². The van der Waals surface area contributed by atoms with Gasteiger partial charge in [-0.2, -0.15) is 0 Å². The van der Waals surface area contributed by atoms with Crippen molar-refractivity contribution < 1.29 is 0 Å². The minimum absolute atomic E-state index is 0.659. The molecular formula is C51H36N4S. The zero-order valence-corrected chi connectivity index (χ0v) is 31.8. The van der Waals surface area contributed by atoms with Crippen molar-refractivity contribution in [3.63, 3.8) is 0 Å². The van der Waals surface area contributed by atoms with Gasteiger partial charge in [0.25, 0.3) is 0 Å². The van der Waals surface area contributed by atoms with Crippen LogP contribution in [0, 0.1) is 6.92 Å².